The molecule has 1 amide bonds. The van der Waals surface area contributed by atoms with Crippen molar-refractivity contribution in [3.05, 3.63) is 35.9 Å². The summed E-state index contributed by atoms with van der Waals surface area (Å²) >= 11 is 0. The van der Waals surface area contributed by atoms with E-state index in [4.69, 9.17) is 0 Å². The number of nitrogens with zero attached hydrogens (tertiary/aromatic N) is 1. The third-order valence-corrected chi connectivity index (χ3v) is 3.71. The average Bonchev–Trinajstić information content (AvgIpc) is 2.41. The van der Waals surface area contributed by atoms with Crippen molar-refractivity contribution < 1.29 is 4.79 Å². The molecular formula is C16H25NO. The zero-order valence-electron chi connectivity index (χ0n) is 12.0. The molecule has 18 heavy (non-hydrogen) atoms. The molecule has 2 heteroatoms. The third-order valence-electron chi connectivity index (χ3n) is 3.71. The summed E-state index contributed by atoms with van der Waals surface area (Å²) in [5, 5.41) is 0. The van der Waals surface area contributed by atoms with Gasteiger partial charge in [-0.15, -0.1) is 0 Å². The number of benzene rings is 1. The molecular weight excluding hydrogens is 222 g/mol. The Morgan fingerprint density at radius 1 is 1.11 bits per heavy atom. The van der Waals surface area contributed by atoms with Gasteiger partial charge < -0.3 is 4.90 Å². The standard InChI is InChI=1S/C16H25NO/c1-5-13(4)15(14-11-9-8-10-12-14)16(18)17(6-2)7-3/h8-13,15H,5-7H2,1-4H3. The van der Waals surface area contributed by atoms with Gasteiger partial charge in [0.05, 0.1) is 5.92 Å². The summed E-state index contributed by atoms with van der Waals surface area (Å²) in [5.41, 5.74) is 1.14. The van der Waals surface area contributed by atoms with Gasteiger partial charge in [-0.25, -0.2) is 0 Å². The molecule has 1 rings (SSSR count). The summed E-state index contributed by atoms with van der Waals surface area (Å²) in [7, 11) is 0. The van der Waals surface area contributed by atoms with E-state index in [1.54, 1.807) is 0 Å². The maximum atomic E-state index is 12.6. The third kappa shape index (κ3) is 3.34. The van der Waals surface area contributed by atoms with Gasteiger partial charge in [0.15, 0.2) is 0 Å². The Morgan fingerprint density at radius 2 is 1.67 bits per heavy atom. The van der Waals surface area contributed by atoms with Crippen LogP contribution in [-0.4, -0.2) is 23.9 Å². The zero-order chi connectivity index (χ0) is 13.5. The van der Waals surface area contributed by atoms with Crippen LogP contribution in [0.15, 0.2) is 30.3 Å². The fourth-order valence-corrected chi connectivity index (χ4v) is 2.34. The Labute approximate surface area is 111 Å². The molecule has 100 valence electrons. The molecule has 1 aromatic carbocycles. The minimum atomic E-state index is -0.00361. The number of likely N-dealkylation sites (N-methyl/N-ethyl adjacent to an activating group) is 1. The summed E-state index contributed by atoms with van der Waals surface area (Å²) in [4.78, 5) is 14.6. The minimum Gasteiger partial charge on any atom is -0.343 e. The maximum absolute atomic E-state index is 12.6. The Balaban J connectivity index is 3.03. The van der Waals surface area contributed by atoms with E-state index in [2.05, 4.69) is 26.0 Å². The molecule has 0 heterocycles. The fourth-order valence-electron chi connectivity index (χ4n) is 2.34. The predicted octanol–water partition coefficient (Wildman–Crippen LogP) is 3.68. The van der Waals surface area contributed by atoms with Gasteiger partial charge in [-0.1, -0.05) is 50.6 Å². The normalized spacial score (nSPS) is 14.0. The molecule has 0 fully saturated rings. The van der Waals surface area contributed by atoms with Gasteiger partial charge in [0, 0.05) is 13.1 Å². The second-order valence-electron chi connectivity index (χ2n) is 4.78. The van der Waals surface area contributed by atoms with Gasteiger partial charge >= 0.3 is 0 Å². The topological polar surface area (TPSA) is 20.3 Å². The molecule has 0 saturated carbocycles. The smallest absolute Gasteiger partial charge is 0.230 e. The minimum absolute atomic E-state index is 0.00361. The molecule has 0 aliphatic carbocycles. The van der Waals surface area contributed by atoms with E-state index in [0.717, 1.165) is 25.1 Å². The number of amides is 1. The van der Waals surface area contributed by atoms with Crippen LogP contribution in [0.25, 0.3) is 0 Å². The summed E-state index contributed by atoms with van der Waals surface area (Å²) in [6.45, 7) is 9.97. The van der Waals surface area contributed by atoms with Crippen LogP contribution in [-0.2, 0) is 4.79 Å². The summed E-state index contributed by atoms with van der Waals surface area (Å²) in [6.07, 6.45) is 1.02. The van der Waals surface area contributed by atoms with Crippen LogP contribution in [0.5, 0.6) is 0 Å². The SMILES string of the molecule is CCC(C)C(C(=O)N(CC)CC)c1ccccc1. The molecule has 0 aliphatic heterocycles. The first kappa shape index (κ1) is 14.7. The first-order chi connectivity index (χ1) is 8.65. The average molecular weight is 247 g/mol. The lowest BCUT2D eigenvalue weighted by atomic mass is 9.84. The van der Waals surface area contributed by atoms with E-state index < -0.39 is 0 Å². The molecule has 0 N–H and O–H groups in total. The summed E-state index contributed by atoms with van der Waals surface area (Å²) < 4.78 is 0. The largest absolute Gasteiger partial charge is 0.343 e. The number of rotatable bonds is 6. The maximum Gasteiger partial charge on any atom is 0.230 e. The van der Waals surface area contributed by atoms with Gasteiger partial charge in [0.1, 0.15) is 0 Å². The number of hydrogen-bond acceptors (Lipinski definition) is 1. The number of carbonyl (C=O) groups is 1. The molecule has 0 aromatic heterocycles. The van der Waals surface area contributed by atoms with E-state index in [0.29, 0.717) is 5.92 Å². The lowest BCUT2D eigenvalue weighted by Crippen LogP contribution is -2.37. The van der Waals surface area contributed by atoms with Crippen LogP contribution in [0.3, 0.4) is 0 Å². The number of hydrogen-bond donors (Lipinski definition) is 0. The molecule has 1 aromatic rings. The quantitative estimate of drug-likeness (QED) is 0.751. The lowest BCUT2D eigenvalue weighted by Gasteiger charge is -2.29. The highest BCUT2D eigenvalue weighted by molar-refractivity contribution is 5.84. The molecule has 2 atom stereocenters. The van der Waals surface area contributed by atoms with Crippen LogP contribution in [0.4, 0.5) is 0 Å². The molecule has 2 nitrogen and oxygen atoms in total. The van der Waals surface area contributed by atoms with Crippen LogP contribution < -0.4 is 0 Å². The first-order valence-electron chi connectivity index (χ1n) is 6.99. The summed E-state index contributed by atoms with van der Waals surface area (Å²) in [5.74, 6) is 0.636. The monoisotopic (exact) mass is 247 g/mol. The zero-order valence-corrected chi connectivity index (χ0v) is 12.0. The lowest BCUT2D eigenvalue weighted by molar-refractivity contribution is -0.133. The molecule has 0 aliphatic rings. The van der Waals surface area contributed by atoms with Crippen molar-refractivity contribution in [1.29, 1.82) is 0 Å². The Kier molecular flexibility index (Phi) is 5.90. The highest BCUT2D eigenvalue weighted by Crippen LogP contribution is 2.28. The number of carbonyl (C=O) groups excluding carboxylic acids is 1. The molecule has 0 bridgehead atoms. The van der Waals surface area contributed by atoms with Crippen LogP contribution in [0, 0.1) is 5.92 Å². The Hall–Kier alpha value is -1.31. The van der Waals surface area contributed by atoms with Crippen LogP contribution in [0.1, 0.15) is 45.6 Å². The van der Waals surface area contributed by atoms with Crippen LogP contribution >= 0.6 is 0 Å². The van der Waals surface area contributed by atoms with E-state index >= 15 is 0 Å². The molecule has 2 unspecified atom stereocenters. The van der Waals surface area contributed by atoms with Crippen molar-refractivity contribution >= 4 is 5.91 Å². The van der Waals surface area contributed by atoms with Crippen molar-refractivity contribution in [3.8, 4) is 0 Å². The molecule has 0 spiro atoms. The van der Waals surface area contributed by atoms with Gasteiger partial charge in [0.2, 0.25) is 5.91 Å². The predicted molar refractivity (Wildman–Crippen MR) is 76.6 cm³/mol. The first-order valence-corrected chi connectivity index (χ1v) is 6.99. The highest BCUT2D eigenvalue weighted by Gasteiger charge is 2.28. The van der Waals surface area contributed by atoms with Crippen molar-refractivity contribution in [3.63, 3.8) is 0 Å². The Bertz CT molecular complexity index is 357. The highest BCUT2D eigenvalue weighted by atomic mass is 16.2. The van der Waals surface area contributed by atoms with E-state index in [9.17, 15) is 4.79 Å². The second kappa shape index (κ2) is 7.20. The van der Waals surface area contributed by atoms with Crippen LogP contribution in [0.2, 0.25) is 0 Å². The van der Waals surface area contributed by atoms with E-state index in [1.165, 1.54) is 0 Å². The fraction of sp³-hybridized carbons (Fsp3) is 0.562. The molecule has 0 radical (unpaired) electrons. The van der Waals surface area contributed by atoms with Gasteiger partial charge in [-0.05, 0) is 25.3 Å². The van der Waals surface area contributed by atoms with Crippen molar-refractivity contribution in [2.75, 3.05) is 13.1 Å². The summed E-state index contributed by atoms with van der Waals surface area (Å²) in [6, 6.07) is 10.2. The van der Waals surface area contributed by atoms with Crippen molar-refractivity contribution in [2.24, 2.45) is 5.92 Å². The van der Waals surface area contributed by atoms with Gasteiger partial charge in [-0.2, -0.15) is 0 Å². The van der Waals surface area contributed by atoms with E-state index in [-0.39, 0.29) is 11.8 Å². The van der Waals surface area contributed by atoms with Crippen molar-refractivity contribution in [1.82, 2.24) is 4.90 Å². The Morgan fingerprint density at radius 3 is 2.11 bits per heavy atom. The molecule has 0 saturated heterocycles. The van der Waals surface area contributed by atoms with Gasteiger partial charge in [0.25, 0.3) is 0 Å². The van der Waals surface area contributed by atoms with E-state index in [1.807, 2.05) is 36.9 Å². The second-order valence-corrected chi connectivity index (χ2v) is 4.78. The van der Waals surface area contributed by atoms with Crippen molar-refractivity contribution in [2.45, 2.75) is 40.0 Å². The van der Waals surface area contributed by atoms with Gasteiger partial charge in [-0.3, -0.25) is 4.79 Å².